The first kappa shape index (κ1) is 14.6. The molecule has 0 aromatic carbocycles. The van der Waals surface area contributed by atoms with Gasteiger partial charge < -0.3 is 4.90 Å². The Labute approximate surface area is 127 Å². The van der Waals surface area contributed by atoms with Gasteiger partial charge in [0.25, 0.3) is 5.91 Å². The summed E-state index contributed by atoms with van der Waals surface area (Å²) >= 11 is 0. The van der Waals surface area contributed by atoms with Crippen LogP contribution in [0.25, 0.3) is 0 Å². The van der Waals surface area contributed by atoms with Gasteiger partial charge >= 0.3 is 0 Å². The maximum absolute atomic E-state index is 12.9. The third-order valence-corrected chi connectivity index (χ3v) is 5.11. The van der Waals surface area contributed by atoms with Crippen molar-refractivity contribution >= 4 is 5.91 Å². The standard InChI is InChI=1S/C17H27N3O/c1-13(2)20-12-10-15(18-20)17(21)19-11-6-5-8-14-7-3-4-9-16(14)19/h10,12-14,16H,3-9,11H2,1-2H3/t14-,16-/m0/s1. The van der Waals surface area contributed by atoms with E-state index in [0.29, 0.717) is 17.8 Å². The van der Waals surface area contributed by atoms with Gasteiger partial charge in [0, 0.05) is 24.8 Å². The van der Waals surface area contributed by atoms with Crippen LogP contribution in [0.15, 0.2) is 12.3 Å². The number of likely N-dealkylation sites (tertiary alicyclic amines) is 1. The zero-order valence-electron chi connectivity index (χ0n) is 13.3. The molecule has 2 heterocycles. The number of carbonyl (C=O) groups excluding carboxylic acids is 1. The topological polar surface area (TPSA) is 38.1 Å². The summed E-state index contributed by atoms with van der Waals surface area (Å²) in [7, 11) is 0. The minimum atomic E-state index is 0.146. The Balaban J connectivity index is 1.80. The number of nitrogens with zero attached hydrogens (tertiary/aromatic N) is 3. The van der Waals surface area contributed by atoms with Gasteiger partial charge in [0.2, 0.25) is 0 Å². The third kappa shape index (κ3) is 2.99. The fourth-order valence-electron chi connectivity index (χ4n) is 3.93. The maximum Gasteiger partial charge on any atom is 0.274 e. The van der Waals surface area contributed by atoms with Crippen molar-refractivity contribution in [2.45, 2.75) is 70.9 Å². The van der Waals surface area contributed by atoms with Gasteiger partial charge in [-0.2, -0.15) is 5.10 Å². The molecule has 1 saturated heterocycles. The second kappa shape index (κ2) is 6.20. The summed E-state index contributed by atoms with van der Waals surface area (Å²) in [4.78, 5) is 15.0. The van der Waals surface area contributed by atoms with Gasteiger partial charge in [-0.05, 0) is 51.5 Å². The molecule has 1 amide bonds. The fourth-order valence-corrected chi connectivity index (χ4v) is 3.93. The number of aromatic nitrogens is 2. The van der Waals surface area contributed by atoms with E-state index in [1.54, 1.807) is 0 Å². The van der Waals surface area contributed by atoms with Crippen molar-refractivity contribution in [1.82, 2.24) is 14.7 Å². The molecule has 1 aromatic rings. The Kier molecular flexibility index (Phi) is 4.32. The molecule has 116 valence electrons. The van der Waals surface area contributed by atoms with Crippen molar-refractivity contribution in [3.05, 3.63) is 18.0 Å². The van der Waals surface area contributed by atoms with Crippen molar-refractivity contribution in [1.29, 1.82) is 0 Å². The van der Waals surface area contributed by atoms with E-state index in [0.717, 1.165) is 18.9 Å². The van der Waals surface area contributed by atoms with Gasteiger partial charge in [0.1, 0.15) is 5.69 Å². The molecule has 3 rings (SSSR count). The minimum Gasteiger partial charge on any atom is -0.334 e. The first-order chi connectivity index (χ1) is 10.2. The highest BCUT2D eigenvalue weighted by Crippen LogP contribution is 2.35. The molecule has 2 fully saturated rings. The molecule has 4 heteroatoms. The van der Waals surface area contributed by atoms with E-state index in [2.05, 4.69) is 23.8 Å². The summed E-state index contributed by atoms with van der Waals surface area (Å²) in [5.74, 6) is 0.866. The average Bonchev–Trinajstić information content (AvgIpc) is 2.88. The lowest BCUT2D eigenvalue weighted by atomic mass is 9.81. The van der Waals surface area contributed by atoms with Crippen LogP contribution >= 0.6 is 0 Å². The van der Waals surface area contributed by atoms with Crippen molar-refractivity contribution in [2.75, 3.05) is 6.54 Å². The predicted molar refractivity (Wildman–Crippen MR) is 83.2 cm³/mol. The molecule has 0 spiro atoms. The zero-order chi connectivity index (χ0) is 14.8. The van der Waals surface area contributed by atoms with Crippen molar-refractivity contribution in [3.8, 4) is 0 Å². The highest BCUT2D eigenvalue weighted by atomic mass is 16.2. The summed E-state index contributed by atoms with van der Waals surface area (Å²) in [6.07, 6.45) is 10.7. The number of amides is 1. The monoisotopic (exact) mass is 289 g/mol. The van der Waals surface area contributed by atoms with E-state index in [1.807, 2.05) is 16.9 Å². The van der Waals surface area contributed by atoms with Crippen molar-refractivity contribution in [2.24, 2.45) is 5.92 Å². The van der Waals surface area contributed by atoms with E-state index in [-0.39, 0.29) is 5.91 Å². The van der Waals surface area contributed by atoms with Crippen LogP contribution in [0, 0.1) is 5.92 Å². The second-order valence-corrected chi connectivity index (χ2v) is 6.88. The SMILES string of the molecule is CC(C)n1ccc(C(=O)N2CCCC[C@@H]3CCCC[C@@H]32)n1. The second-order valence-electron chi connectivity index (χ2n) is 6.88. The zero-order valence-corrected chi connectivity index (χ0v) is 13.3. The van der Waals surface area contributed by atoms with Gasteiger partial charge in [0.05, 0.1) is 0 Å². The number of rotatable bonds is 2. The first-order valence-corrected chi connectivity index (χ1v) is 8.53. The maximum atomic E-state index is 12.9. The average molecular weight is 289 g/mol. The number of carbonyl (C=O) groups is 1. The van der Waals surface area contributed by atoms with Crippen LogP contribution in [0.5, 0.6) is 0 Å². The molecule has 0 radical (unpaired) electrons. The summed E-state index contributed by atoms with van der Waals surface area (Å²) in [5, 5.41) is 4.48. The van der Waals surface area contributed by atoms with E-state index >= 15 is 0 Å². The summed E-state index contributed by atoms with van der Waals surface area (Å²) in [6.45, 7) is 5.09. The number of fused-ring (bicyclic) bond motifs is 1. The van der Waals surface area contributed by atoms with Crippen molar-refractivity contribution < 1.29 is 4.79 Å². The molecule has 0 unspecified atom stereocenters. The molecule has 1 aliphatic carbocycles. The molecule has 1 aliphatic heterocycles. The van der Waals surface area contributed by atoms with E-state index in [9.17, 15) is 4.79 Å². The first-order valence-electron chi connectivity index (χ1n) is 8.53. The molecule has 2 atom stereocenters. The summed E-state index contributed by atoms with van der Waals surface area (Å²) < 4.78 is 1.88. The number of hydrogen-bond acceptors (Lipinski definition) is 2. The summed E-state index contributed by atoms with van der Waals surface area (Å²) in [5.41, 5.74) is 0.620. The molecular formula is C17H27N3O. The van der Waals surface area contributed by atoms with E-state index in [4.69, 9.17) is 0 Å². The Morgan fingerprint density at radius 3 is 2.62 bits per heavy atom. The molecular weight excluding hydrogens is 262 g/mol. The lowest BCUT2D eigenvalue weighted by Gasteiger charge is -2.38. The summed E-state index contributed by atoms with van der Waals surface area (Å²) in [6, 6.07) is 2.64. The Bertz CT molecular complexity index is 494. The molecule has 4 nitrogen and oxygen atoms in total. The molecule has 0 N–H and O–H groups in total. The normalized spacial score (nSPS) is 26.5. The molecule has 2 aliphatic rings. The Morgan fingerprint density at radius 1 is 1.19 bits per heavy atom. The van der Waals surface area contributed by atoms with Gasteiger partial charge in [-0.25, -0.2) is 0 Å². The fraction of sp³-hybridized carbons (Fsp3) is 0.765. The van der Waals surface area contributed by atoms with Crippen LogP contribution in [-0.4, -0.2) is 33.2 Å². The van der Waals surface area contributed by atoms with Gasteiger partial charge in [-0.15, -0.1) is 0 Å². The molecule has 21 heavy (non-hydrogen) atoms. The smallest absolute Gasteiger partial charge is 0.274 e. The highest BCUT2D eigenvalue weighted by Gasteiger charge is 2.35. The predicted octanol–water partition coefficient (Wildman–Crippen LogP) is 3.65. The van der Waals surface area contributed by atoms with Crippen LogP contribution in [-0.2, 0) is 0 Å². The van der Waals surface area contributed by atoms with E-state index < -0.39 is 0 Å². The Hall–Kier alpha value is -1.32. The van der Waals surface area contributed by atoms with Crippen LogP contribution in [0.4, 0.5) is 0 Å². The van der Waals surface area contributed by atoms with Crippen LogP contribution in [0.2, 0.25) is 0 Å². The van der Waals surface area contributed by atoms with E-state index in [1.165, 1.54) is 38.5 Å². The lowest BCUT2D eigenvalue weighted by Crippen LogP contribution is -2.45. The van der Waals surface area contributed by atoms with Gasteiger partial charge in [0.15, 0.2) is 0 Å². The molecule has 0 bridgehead atoms. The third-order valence-electron chi connectivity index (χ3n) is 5.11. The lowest BCUT2D eigenvalue weighted by molar-refractivity contribution is 0.0562. The Morgan fingerprint density at radius 2 is 1.90 bits per heavy atom. The highest BCUT2D eigenvalue weighted by molar-refractivity contribution is 5.92. The van der Waals surface area contributed by atoms with Crippen molar-refractivity contribution in [3.63, 3.8) is 0 Å². The number of hydrogen-bond donors (Lipinski definition) is 0. The van der Waals surface area contributed by atoms with Gasteiger partial charge in [-0.3, -0.25) is 9.48 Å². The molecule has 1 saturated carbocycles. The quantitative estimate of drug-likeness (QED) is 0.833. The van der Waals surface area contributed by atoms with Crippen LogP contribution in [0.3, 0.4) is 0 Å². The minimum absolute atomic E-state index is 0.146. The van der Waals surface area contributed by atoms with Gasteiger partial charge in [-0.1, -0.05) is 19.3 Å². The molecule has 1 aromatic heterocycles. The largest absolute Gasteiger partial charge is 0.334 e. The van der Waals surface area contributed by atoms with Crippen LogP contribution < -0.4 is 0 Å². The van der Waals surface area contributed by atoms with Crippen LogP contribution in [0.1, 0.15) is 75.3 Å².